The monoisotopic (exact) mass is 418 g/mol. The van der Waals surface area contributed by atoms with Gasteiger partial charge >= 0.3 is 18.6 Å². The van der Waals surface area contributed by atoms with E-state index >= 15 is 0 Å². The third kappa shape index (κ3) is 5.52. The van der Waals surface area contributed by atoms with Crippen LogP contribution >= 0.6 is 15.9 Å². The number of amides is 3. The summed E-state index contributed by atoms with van der Waals surface area (Å²) in [5, 5.41) is 2.44. The van der Waals surface area contributed by atoms with Gasteiger partial charge in [-0.05, 0) is 24.3 Å². The number of halogens is 3. The van der Waals surface area contributed by atoms with Crippen LogP contribution in [0.15, 0.2) is 28.7 Å². The Hall–Kier alpha value is -2.49. The molecule has 1 N–H and O–H groups in total. The molecule has 0 aromatic heterocycles. The number of urea groups is 1. The van der Waals surface area contributed by atoms with E-state index in [1.54, 1.807) is 0 Å². The summed E-state index contributed by atoms with van der Waals surface area (Å²) in [5.41, 5.74) is 0.219. The molecule has 1 heterocycles. The molecule has 7 nitrogen and oxygen atoms in total. The van der Waals surface area contributed by atoms with Gasteiger partial charge in [-0.15, -0.1) is 0 Å². The fourth-order valence-corrected chi connectivity index (χ4v) is 2.36. The maximum atomic E-state index is 12.4. The molecule has 10 heteroatoms. The summed E-state index contributed by atoms with van der Waals surface area (Å²) in [6.07, 6.45) is 2.19. The van der Waals surface area contributed by atoms with Crippen LogP contribution in [0.1, 0.15) is 5.56 Å². The van der Waals surface area contributed by atoms with Crippen LogP contribution in [0.4, 0.5) is 13.6 Å². The summed E-state index contributed by atoms with van der Waals surface area (Å²) in [6, 6.07) is 3.75. The Labute approximate surface area is 149 Å². The number of nitrogens with zero attached hydrogens (tertiary/aromatic N) is 1. The van der Waals surface area contributed by atoms with E-state index in [0.717, 1.165) is 11.0 Å². The van der Waals surface area contributed by atoms with Crippen LogP contribution in [0.25, 0.3) is 6.08 Å². The van der Waals surface area contributed by atoms with Gasteiger partial charge in [0.25, 0.3) is 5.91 Å². The minimum atomic E-state index is -3.01. The topological polar surface area (TPSA) is 84.9 Å². The van der Waals surface area contributed by atoms with E-state index in [1.807, 2.05) is 0 Å². The zero-order chi connectivity index (χ0) is 18.4. The molecule has 0 spiro atoms. The van der Waals surface area contributed by atoms with E-state index < -0.39 is 31.1 Å². The summed E-state index contributed by atoms with van der Waals surface area (Å²) in [4.78, 5) is 35.6. The van der Waals surface area contributed by atoms with Crippen molar-refractivity contribution in [3.8, 4) is 5.75 Å². The normalized spacial score (nSPS) is 14.1. The number of ether oxygens (including phenoxy) is 2. The van der Waals surface area contributed by atoms with Crippen LogP contribution < -0.4 is 10.1 Å². The second kappa shape index (κ2) is 8.56. The van der Waals surface area contributed by atoms with Crippen LogP contribution in [-0.4, -0.2) is 49.1 Å². The Morgan fingerprint density at radius 2 is 2.16 bits per heavy atom. The quantitative estimate of drug-likeness (QED) is 0.565. The van der Waals surface area contributed by atoms with E-state index in [-0.39, 0.29) is 17.9 Å². The summed E-state index contributed by atoms with van der Waals surface area (Å²) in [7, 11) is 0. The number of nitrogens with one attached hydrogen (secondary N) is 1. The van der Waals surface area contributed by atoms with Gasteiger partial charge in [0.2, 0.25) is 0 Å². The Morgan fingerprint density at radius 3 is 2.80 bits per heavy atom. The minimum Gasteiger partial charge on any atom is -0.452 e. The number of hydrogen-bond acceptors (Lipinski definition) is 5. The van der Waals surface area contributed by atoms with Gasteiger partial charge in [-0.2, -0.15) is 8.78 Å². The first-order valence-electron chi connectivity index (χ1n) is 7.04. The van der Waals surface area contributed by atoms with Crippen molar-refractivity contribution in [2.75, 3.05) is 19.7 Å². The van der Waals surface area contributed by atoms with Crippen molar-refractivity contribution in [1.82, 2.24) is 10.2 Å². The smallest absolute Gasteiger partial charge is 0.387 e. The summed E-state index contributed by atoms with van der Waals surface area (Å²) >= 11 is 3.18. The number of benzene rings is 1. The van der Waals surface area contributed by atoms with Gasteiger partial charge in [0, 0.05) is 29.2 Å². The SMILES string of the molecule is O=C(/C=C/c1cc(Br)ccc1OC(F)F)OCC(=O)N1CCNC1=O. The molecule has 134 valence electrons. The molecule has 0 radical (unpaired) electrons. The second-order valence-corrected chi connectivity index (χ2v) is 5.69. The zero-order valence-corrected chi connectivity index (χ0v) is 14.3. The van der Waals surface area contributed by atoms with Crippen molar-refractivity contribution in [3.05, 3.63) is 34.3 Å². The van der Waals surface area contributed by atoms with Crippen LogP contribution in [0.2, 0.25) is 0 Å². The number of imide groups is 1. The van der Waals surface area contributed by atoms with Crippen LogP contribution in [0.3, 0.4) is 0 Å². The highest BCUT2D eigenvalue weighted by atomic mass is 79.9. The average molecular weight is 419 g/mol. The maximum absolute atomic E-state index is 12.4. The Balaban J connectivity index is 1.94. The number of carbonyl (C=O) groups is 3. The third-order valence-electron chi connectivity index (χ3n) is 3.08. The molecular weight excluding hydrogens is 406 g/mol. The minimum absolute atomic E-state index is 0.118. The second-order valence-electron chi connectivity index (χ2n) is 4.78. The first-order valence-corrected chi connectivity index (χ1v) is 7.83. The van der Waals surface area contributed by atoms with Gasteiger partial charge < -0.3 is 14.8 Å². The van der Waals surface area contributed by atoms with Gasteiger partial charge in [-0.25, -0.2) is 9.59 Å². The summed E-state index contributed by atoms with van der Waals surface area (Å²) in [5.74, 6) is -1.64. The number of alkyl halides is 2. The van der Waals surface area contributed by atoms with Crippen molar-refractivity contribution >= 4 is 39.9 Å². The maximum Gasteiger partial charge on any atom is 0.387 e. The molecule has 0 aliphatic carbocycles. The molecule has 1 aromatic carbocycles. The molecule has 2 rings (SSSR count). The van der Waals surface area contributed by atoms with Crippen molar-refractivity contribution in [2.45, 2.75) is 6.61 Å². The molecule has 1 aromatic rings. The van der Waals surface area contributed by atoms with Gasteiger partial charge in [-0.1, -0.05) is 15.9 Å². The predicted molar refractivity (Wildman–Crippen MR) is 85.9 cm³/mol. The molecule has 1 aliphatic heterocycles. The van der Waals surface area contributed by atoms with Crippen LogP contribution in [0.5, 0.6) is 5.75 Å². The van der Waals surface area contributed by atoms with Gasteiger partial charge in [0.15, 0.2) is 6.61 Å². The molecule has 0 atom stereocenters. The van der Waals surface area contributed by atoms with E-state index in [2.05, 4.69) is 26.0 Å². The van der Waals surface area contributed by atoms with E-state index in [0.29, 0.717) is 11.0 Å². The number of carbonyl (C=O) groups excluding carboxylic acids is 3. The van der Waals surface area contributed by atoms with Crippen molar-refractivity contribution in [3.63, 3.8) is 0 Å². The highest BCUT2D eigenvalue weighted by Gasteiger charge is 2.26. The Kier molecular flexibility index (Phi) is 6.45. The standard InChI is InChI=1S/C15H13BrF2N2O5/c16-10-2-3-11(25-14(17)18)9(7-10)1-4-13(22)24-8-12(21)20-6-5-19-15(20)23/h1-4,7,14H,5-6,8H2,(H,19,23)/b4-1+. The van der Waals surface area contributed by atoms with Gasteiger partial charge in [-0.3, -0.25) is 9.69 Å². The van der Waals surface area contributed by atoms with Crippen LogP contribution in [-0.2, 0) is 14.3 Å². The fraction of sp³-hybridized carbons (Fsp3) is 0.267. The van der Waals surface area contributed by atoms with E-state index in [9.17, 15) is 23.2 Å². The molecule has 1 fully saturated rings. The molecule has 3 amide bonds. The number of esters is 1. The largest absolute Gasteiger partial charge is 0.452 e. The lowest BCUT2D eigenvalue weighted by Crippen LogP contribution is -2.37. The first-order chi connectivity index (χ1) is 11.9. The van der Waals surface area contributed by atoms with Crippen molar-refractivity contribution in [2.24, 2.45) is 0 Å². The zero-order valence-electron chi connectivity index (χ0n) is 12.7. The Morgan fingerprint density at radius 1 is 1.40 bits per heavy atom. The highest BCUT2D eigenvalue weighted by Crippen LogP contribution is 2.26. The lowest BCUT2D eigenvalue weighted by Gasteiger charge is -2.11. The van der Waals surface area contributed by atoms with Crippen LogP contribution in [0, 0.1) is 0 Å². The summed E-state index contributed by atoms with van der Waals surface area (Å²) < 4.78 is 34.4. The molecule has 1 aliphatic rings. The lowest BCUT2D eigenvalue weighted by atomic mass is 10.2. The molecule has 0 saturated carbocycles. The molecular formula is C15H13BrF2N2O5. The molecule has 0 bridgehead atoms. The Bertz CT molecular complexity index is 711. The number of hydrogen-bond donors (Lipinski definition) is 1. The fourth-order valence-electron chi connectivity index (χ4n) is 1.98. The molecule has 25 heavy (non-hydrogen) atoms. The van der Waals surface area contributed by atoms with Crippen molar-refractivity contribution in [1.29, 1.82) is 0 Å². The third-order valence-corrected chi connectivity index (χ3v) is 3.58. The van der Waals surface area contributed by atoms with Crippen molar-refractivity contribution < 1.29 is 32.6 Å². The predicted octanol–water partition coefficient (Wildman–Crippen LogP) is 2.16. The van der Waals surface area contributed by atoms with Gasteiger partial charge in [0.05, 0.1) is 0 Å². The average Bonchev–Trinajstić information content (AvgIpc) is 2.98. The number of rotatable bonds is 6. The molecule has 0 unspecified atom stereocenters. The summed E-state index contributed by atoms with van der Waals surface area (Å²) in [6.45, 7) is -3.06. The highest BCUT2D eigenvalue weighted by molar-refractivity contribution is 9.10. The molecule has 1 saturated heterocycles. The van der Waals surface area contributed by atoms with Gasteiger partial charge in [0.1, 0.15) is 5.75 Å². The van der Waals surface area contributed by atoms with E-state index in [4.69, 9.17) is 4.74 Å². The lowest BCUT2D eigenvalue weighted by molar-refractivity contribution is -0.146. The first kappa shape index (κ1) is 18.8. The van der Waals surface area contributed by atoms with E-state index in [1.165, 1.54) is 24.3 Å².